The molecular weight excluding hydrogens is 299 g/mol. The Morgan fingerprint density at radius 2 is 1.80 bits per heavy atom. The number of thiophene rings is 1. The molecule has 1 heterocycles. The topological polar surface area (TPSA) is 58.2 Å². The van der Waals surface area contributed by atoms with Crippen molar-refractivity contribution in [1.29, 1.82) is 0 Å². The molecule has 0 unspecified atom stereocenters. The fourth-order valence-corrected chi connectivity index (χ4v) is 4.05. The molecule has 0 saturated carbocycles. The molecule has 20 heavy (non-hydrogen) atoms. The Hall–Kier alpha value is -1.28. The Morgan fingerprint density at radius 1 is 1.10 bits per heavy atom. The van der Waals surface area contributed by atoms with E-state index < -0.39 is 10.0 Å². The van der Waals surface area contributed by atoms with Crippen LogP contribution in [0.3, 0.4) is 0 Å². The van der Waals surface area contributed by atoms with Crippen LogP contribution in [0, 0.1) is 5.82 Å². The highest BCUT2D eigenvalue weighted by Crippen LogP contribution is 2.21. The van der Waals surface area contributed by atoms with Crippen LogP contribution in [0.2, 0.25) is 0 Å². The van der Waals surface area contributed by atoms with Gasteiger partial charge in [0.2, 0.25) is 10.0 Å². The number of benzene rings is 1. The van der Waals surface area contributed by atoms with E-state index in [0.717, 1.165) is 4.88 Å². The molecule has 108 valence electrons. The summed E-state index contributed by atoms with van der Waals surface area (Å²) in [7, 11) is -1.71. The van der Waals surface area contributed by atoms with Crippen LogP contribution < -0.4 is 10.0 Å². The number of halogens is 1. The second-order valence-corrected chi connectivity index (χ2v) is 7.36. The van der Waals surface area contributed by atoms with Crippen LogP contribution in [-0.2, 0) is 23.1 Å². The minimum absolute atomic E-state index is 0.141. The molecular formula is C13H15FN2O2S2. The Kier molecular flexibility index (Phi) is 4.87. The second-order valence-electron chi connectivity index (χ2n) is 4.20. The van der Waals surface area contributed by atoms with E-state index in [1.807, 2.05) is 0 Å². The highest BCUT2D eigenvalue weighted by atomic mass is 32.2. The fraction of sp³-hybridized carbons (Fsp3) is 0.231. The molecule has 2 aromatic rings. The normalized spacial score (nSPS) is 11.7. The number of rotatable bonds is 6. The zero-order valence-corrected chi connectivity index (χ0v) is 12.5. The van der Waals surface area contributed by atoms with E-state index in [0.29, 0.717) is 12.1 Å². The van der Waals surface area contributed by atoms with Gasteiger partial charge in [0.1, 0.15) is 10.0 Å². The largest absolute Gasteiger partial charge is 0.315 e. The van der Waals surface area contributed by atoms with Crippen LogP contribution in [0.4, 0.5) is 4.39 Å². The first-order chi connectivity index (χ1) is 9.51. The first kappa shape index (κ1) is 15.1. The summed E-state index contributed by atoms with van der Waals surface area (Å²) in [5.41, 5.74) is 0.710. The third-order valence-electron chi connectivity index (χ3n) is 2.63. The van der Waals surface area contributed by atoms with Crippen LogP contribution in [0.25, 0.3) is 0 Å². The zero-order chi connectivity index (χ0) is 14.6. The molecule has 0 amide bonds. The number of hydrogen-bond donors (Lipinski definition) is 2. The molecule has 2 rings (SSSR count). The average Bonchev–Trinajstić information content (AvgIpc) is 2.88. The summed E-state index contributed by atoms with van der Waals surface area (Å²) in [6.07, 6.45) is 0. The minimum Gasteiger partial charge on any atom is -0.315 e. The lowest BCUT2D eigenvalue weighted by molar-refractivity contribution is 0.583. The Labute approximate surface area is 121 Å². The van der Waals surface area contributed by atoms with E-state index in [4.69, 9.17) is 0 Å². The first-order valence-corrected chi connectivity index (χ1v) is 8.28. The molecule has 4 nitrogen and oxygen atoms in total. The monoisotopic (exact) mass is 314 g/mol. The van der Waals surface area contributed by atoms with Gasteiger partial charge in [0.25, 0.3) is 0 Å². The molecule has 2 N–H and O–H groups in total. The van der Waals surface area contributed by atoms with E-state index in [1.54, 1.807) is 31.3 Å². The summed E-state index contributed by atoms with van der Waals surface area (Å²) in [5, 5.41) is 2.97. The summed E-state index contributed by atoms with van der Waals surface area (Å²) in [5.74, 6) is -0.341. The number of nitrogens with one attached hydrogen (secondary N) is 2. The van der Waals surface area contributed by atoms with Crippen molar-refractivity contribution < 1.29 is 12.8 Å². The van der Waals surface area contributed by atoms with Gasteiger partial charge in [-0.25, -0.2) is 17.5 Å². The van der Waals surface area contributed by atoms with Crippen LogP contribution in [0.1, 0.15) is 10.4 Å². The van der Waals surface area contributed by atoms with E-state index >= 15 is 0 Å². The van der Waals surface area contributed by atoms with E-state index in [1.165, 1.54) is 23.5 Å². The molecule has 7 heteroatoms. The quantitative estimate of drug-likeness (QED) is 0.858. The number of sulfonamides is 1. The fourth-order valence-electron chi connectivity index (χ4n) is 1.62. The minimum atomic E-state index is -3.52. The molecule has 0 spiro atoms. The maximum absolute atomic E-state index is 12.8. The van der Waals surface area contributed by atoms with Crippen molar-refractivity contribution in [1.82, 2.24) is 10.0 Å². The van der Waals surface area contributed by atoms with Crippen molar-refractivity contribution in [2.24, 2.45) is 0 Å². The van der Waals surface area contributed by atoms with Crippen molar-refractivity contribution >= 4 is 21.4 Å². The molecule has 0 fully saturated rings. The summed E-state index contributed by atoms with van der Waals surface area (Å²) in [6.45, 7) is 0.778. The van der Waals surface area contributed by atoms with E-state index in [-0.39, 0.29) is 16.6 Å². The molecule has 0 radical (unpaired) electrons. The van der Waals surface area contributed by atoms with Gasteiger partial charge >= 0.3 is 0 Å². The highest BCUT2D eigenvalue weighted by molar-refractivity contribution is 7.91. The Bertz CT molecular complexity index is 666. The van der Waals surface area contributed by atoms with E-state index in [2.05, 4.69) is 10.0 Å². The van der Waals surface area contributed by atoms with Gasteiger partial charge in [-0.3, -0.25) is 0 Å². The maximum atomic E-state index is 12.8. The molecule has 0 aliphatic rings. The lowest BCUT2D eigenvalue weighted by Crippen LogP contribution is -2.22. The van der Waals surface area contributed by atoms with Crippen molar-refractivity contribution in [2.75, 3.05) is 7.05 Å². The molecule has 1 aromatic carbocycles. The van der Waals surface area contributed by atoms with Gasteiger partial charge in [0.15, 0.2) is 0 Å². The summed E-state index contributed by atoms with van der Waals surface area (Å²) in [4.78, 5) is 0.953. The standard InChI is InChI=1S/C13H15FN2O2S2/c1-15-9-12-6-7-13(19-12)20(17,18)16-8-10-2-4-11(14)5-3-10/h2-7,15-16H,8-9H2,1H3. The molecule has 0 bridgehead atoms. The predicted octanol–water partition coefficient (Wildman–Crippen LogP) is 2.09. The number of hydrogen-bond acceptors (Lipinski definition) is 4. The van der Waals surface area contributed by atoms with Gasteiger partial charge in [0.05, 0.1) is 0 Å². The third kappa shape index (κ3) is 3.86. The molecule has 0 atom stereocenters. The molecule has 0 aliphatic carbocycles. The Balaban J connectivity index is 2.04. The lowest BCUT2D eigenvalue weighted by Gasteiger charge is -2.04. The van der Waals surface area contributed by atoms with Crippen molar-refractivity contribution in [3.63, 3.8) is 0 Å². The predicted molar refractivity (Wildman–Crippen MR) is 77.5 cm³/mol. The second kappa shape index (κ2) is 6.45. The van der Waals surface area contributed by atoms with Crippen LogP contribution in [0.15, 0.2) is 40.6 Å². The van der Waals surface area contributed by atoms with Crippen molar-refractivity contribution in [2.45, 2.75) is 17.3 Å². The van der Waals surface area contributed by atoms with Crippen LogP contribution in [-0.4, -0.2) is 15.5 Å². The average molecular weight is 314 g/mol. The molecule has 0 saturated heterocycles. The van der Waals surface area contributed by atoms with E-state index in [9.17, 15) is 12.8 Å². The Morgan fingerprint density at radius 3 is 2.45 bits per heavy atom. The zero-order valence-electron chi connectivity index (χ0n) is 10.9. The highest BCUT2D eigenvalue weighted by Gasteiger charge is 2.16. The van der Waals surface area contributed by atoms with Gasteiger partial charge in [-0.05, 0) is 36.9 Å². The van der Waals surface area contributed by atoms with Crippen molar-refractivity contribution in [3.8, 4) is 0 Å². The van der Waals surface area contributed by atoms with Gasteiger partial charge in [-0.2, -0.15) is 0 Å². The summed E-state index contributed by atoms with van der Waals surface area (Å²) >= 11 is 1.23. The van der Waals surface area contributed by atoms with Crippen LogP contribution in [0.5, 0.6) is 0 Å². The SMILES string of the molecule is CNCc1ccc(S(=O)(=O)NCc2ccc(F)cc2)s1. The lowest BCUT2D eigenvalue weighted by atomic mass is 10.2. The first-order valence-electron chi connectivity index (χ1n) is 5.99. The van der Waals surface area contributed by atoms with Crippen LogP contribution >= 0.6 is 11.3 Å². The smallest absolute Gasteiger partial charge is 0.250 e. The maximum Gasteiger partial charge on any atom is 0.250 e. The van der Waals surface area contributed by atoms with Crippen molar-refractivity contribution in [3.05, 3.63) is 52.7 Å². The summed E-state index contributed by atoms with van der Waals surface area (Å²) in [6, 6.07) is 9.09. The van der Waals surface area contributed by atoms with Gasteiger partial charge in [-0.1, -0.05) is 12.1 Å². The van der Waals surface area contributed by atoms with Gasteiger partial charge < -0.3 is 5.32 Å². The van der Waals surface area contributed by atoms with Gasteiger partial charge in [0, 0.05) is 18.0 Å². The van der Waals surface area contributed by atoms with Gasteiger partial charge in [-0.15, -0.1) is 11.3 Å². The third-order valence-corrected chi connectivity index (χ3v) is 5.61. The molecule has 1 aromatic heterocycles. The summed E-state index contributed by atoms with van der Waals surface area (Å²) < 4.78 is 39.7. The molecule has 0 aliphatic heterocycles.